The summed E-state index contributed by atoms with van der Waals surface area (Å²) in [6.07, 6.45) is 0.863. The van der Waals surface area contributed by atoms with E-state index in [-0.39, 0.29) is 11.8 Å². The summed E-state index contributed by atoms with van der Waals surface area (Å²) in [5, 5.41) is 2.89. The van der Waals surface area contributed by atoms with Crippen molar-refractivity contribution < 1.29 is 9.59 Å². The lowest BCUT2D eigenvalue weighted by Gasteiger charge is -2.28. The average Bonchev–Trinajstić information content (AvgIpc) is 2.68. The maximum Gasteiger partial charge on any atom is 0.242 e. The number of amides is 2. The Morgan fingerprint density at radius 3 is 2.56 bits per heavy atom. The predicted octanol–water partition coefficient (Wildman–Crippen LogP) is 4.48. The van der Waals surface area contributed by atoms with Crippen molar-refractivity contribution in [2.45, 2.75) is 37.8 Å². The lowest BCUT2D eigenvalue weighted by Crippen LogP contribution is -2.48. The van der Waals surface area contributed by atoms with Crippen LogP contribution in [0.25, 0.3) is 0 Å². The van der Waals surface area contributed by atoms with Gasteiger partial charge in [0.2, 0.25) is 11.8 Å². The zero-order valence-corrected chi connectivity index (χ0v) is 18.1. The normalized spacial score (nSPS) is 11.7. The molecule has 0 aliphatic carbocycles. The standard InChI is InChI=1S/C21H25BrN2O2S/c1-3-12-23-21(26)16(2)24(14-17-8-7-9-18(22)13-17)20(25)15-27-19-10-5-4-6-11-19/h4-11,13,16H,3,12,14-15H2,1-2H3,(H,23,26)/t16-/m1/s1. The number of benzene rings is 2. The third kappa shape index (κ3) is 7.03. The molecule has 0 fully saturated rings. The van der Waals surface area contributed by atoms with E-state index in [9.17, 15) is 9.59 Å². The molecule has 0 saturated carbocycles. The van der Waals surface area contributed by atoms with Crippen molar-refractivity contribution in [3.05, 3.63) is 64.6 Å². The first-order chi connectivity index (χ1) is 13.0. The molecule has 0 heterocycles. The first kappa shape index (κ1) is 21.5. The van der Waals surface area contributed by atoms with Crippen molar-refractivity contribution in [2.75, 3.05) is 12.3 Å². The number of rotatable bonds is 9. The molecule has 6 heteroatoms. The van der Waals surface area contributed by atoms with Crippen molar-refractivity contribution in [3.8, 4) is 0 Å². The Labute approximate surface area is 173 Å². The summed E-state index contributed by atoms with van der Waals surface area (Å²) in [6.45, 7) is 4.80. The Morgan fingerprint density at radius 1 is 1.15 bits per heavy atom. The van der Waals surface area contributed by atoms with Gasteiger partial charge in [-0.2, -0.15) is 0 Å². The lowest BCUT2D eigenvalue weighted by atomic mass is 10.1. The van der Waals surface area contributed by atoms with E-state index in [1.165, 1.54) is 11.8 Å². The van der Waals surface area contributed by atoms with Crippen molar-refractivity contribution >= 4 is 39.5 Å². The molecule has 0 aliphatic rings. The second-order valence-corrected chi connectivity index (χ2v) is 8.18. The van der Waals surface area contributed by atoms with E-state index in [4.69, 9.17) is 0 Å². The first-order valence-electron chi connectivity index (χ1n) is 9.00. The van der Waals surface area contributed by atoms with Gasteiger partial charge in [-0.3, -0.25) is 9.59 Å². The summed E-state index contributed by atoms with van der Waals surface area (Å²) < 4.78 is 0.953. The molecule has 2 aromatic rings. The van der Waals surface area contributed by atoms with Gasteiger partial charge in [-0.15, -0.1) is 11.8 Å². The van der Waals surface area contributed by atoms with Gasteiger partial charge >= 0.3 is 0 Å². The number of hydrogen-bond donors (Lipinski definition) is 1. The van der Waals surface area contributed by atoms with E-state index in [2.05, 4.69) is 21.2 Å². The van der Waals surface area contributed by atoms with Crippen LogP contribution in [0.15, 0.2) is 64.0 Å². The van der Waals surface area contributed by atoms with Gasteiger partial charge in [-0.25, -0.2) is 0 Å². The Balaban J connectivity index is 2.11. The van der Waals surface area contributed by atoms with Crippen molar-refractivity contribution in [1.82, 2.24) is 10.2 Å². The number of hydrogen-bond acceptors (Lipinski definition) is 3. The van der Waals surface area contributed by atoms with E-state index in [1.807, 2.05) is 61.5 Å². The van der Waals surface area contributed by atoms with Crippen molar-refractivity contribution in [3.63, 3.8) is 0 Å². The highest BCUT2D eigenvalue weighted by Crippen LogP contribution is 2.20. The molecule has 2 amide bonds. The molecule has 4 nitrogen and oxygen atoms in total. The molecule has 0 radical (unpaired) electrons. The molecule has 0 aromatic heterocycles. The van der Waals surface area contributed by atoms with Crippen LogP contribution in [0.1, 0.15) is 25.8 Å². The Hall–Kier alpha value is -1.79. The van der Waals surface area contributed by atoms with Crippen molar-refractivity contribution in [2.24, 2.45) is 0 Å². The van der Waals surface area contributed by atoms with Crippen LogP contribution in [0.4, 0.5) is 0 Å². The number of carbonyl (C=O) groups is 2. The minimum atomic E-state index is -0.528. The number of thioether (sulfide) groups is 1. The van der Waals surface area contributed by atoms with Gasteiger partial charge in [0.25, 0.3) is 0 Å². The molecule has 0 bridgehead atoms. The van der Waals surface area contributed by atoms with E-state index < -0.39 is 6.04 Å². The molecule has 2 aromatic carbocycles. The third-order valence-corrected chi connectivity index (χ3v) is 5.55. The number of halogens is 1. The third-order valence-electron chi connectivity index (χ3n) is 4.06. The van der Waals surface area contributed by atoms with Gasteiger partial charge < -0.3 is 10.2 Å². The van der Waals surface area contributed by atoms with Crippen LogP contribution in [0.3, 0.4) is 0 Å². The van der Waals surface area contributed by atoms with E-state index in [0.717, 1.165) is 21.4 Å². The maximum absolute atomic E-state index is 12.9. The van der Waals surface area contributed by atoms with Crippen LogP contribution < -0.4 is 5.32 Å². The highest BCUT2D eigenvalue weighted by atomic mass is 79.9. The summed E-state index contributed by atoms with van der Waals surface area (Å²) >= 11 is 4.95. The summed E-state index contributed by atoms with van der Waals surface area (Å²) in [6, 6.07) is 17.1. The SMILES string of the molecule is CCCNC(=O)[C@@H](C)N(Cc1cccc(Br)c1)C(=O)CSc1ccccc1. The van der Waals surface area contributed by atoms with Gasteiger partial charge in [0.15, 0.2) is 0 Å². The Kier molecular flexibility index (Phi) is 8.88. The second-order valence-electron chi connectivity index (χ2n) is 6.22. The van der Waals surface area contributed by atoms with Crippen LogP contribution in [0.2, 0.25) is 0 Å². The second kappa shape index (κ2) is 11.1. The van der Waals surface area contributed by atoms with Crippen LogP contribution in [0.5, 0.6) is 0 Å². The Bertz CT molecular complexity index is 755. The summed E-state index contributed by atoms with van der Waals surface area (Å²) in [5.74, 6) is 0.122. The predicted molar refractivity (Wildman–Crippen MR) is 115 cm³/mol. The van der Waals surface area contributed by atoms with Crippen LogP contribution >= 0.6 is 27.7 Å². The largest absolute Gasteiger partial charge is 0.354 e. The molecule has 1 N–H and O–H groups in total. The van der Waals surface area contributed by atoms with E-state index >= 15 is 0 Å². The monoisotopic (exact) mass is 448 g/mol. The lowest BCUT2D eigenvalue weighted by molar-refractivity contribution is -0.138. The van der Waals surface area contributed by atoms with Crippen LogP contribution in [0, 0.1) is 0 Å². The average molecular weight is 449 g/mol. The van der Waals surface area contributed by atoms with Gasteiger partial charge in [0.1, 0.15) is 6.04 Å². The molecule has 0 unspecified atom stereocenters. The molecule has 0 saturated heterocycles. The molecular formula is C21H25BrN2O2S. The van der Waals surface area contributed by atoms with Gasteiger partial charge in [0.05, 0.1) is 5.75 Å². The minimum Gasteiger partial charge on any atom is -0.354 e. The zero-order chi connectivity index (χ0) is 19.6. The van der Waals surface area contributed by atoms with E-state index in [0.29, 0.717) is 18.8 Å². The van der Waals surface area contributed by atoms with Gasteiger partial charge in [-0.1, -0.05) is 53.2 Å². The Morgan fingerprint density at radius 2 is 1.89 bits per heavy atom. The van der Waals surface area contributed by atoms with Crippen LogP contribution in [-0.4, -0.2) is 35.1 Å². The van der Waals surface area contributed by atoms with Crippen LogP contribution in [-0.2, 0) is 16.1 Å². The van der Waals surface area contributed by atoms with E-state index in [1.54, 1.807) is 11.8 Å². The van der Waals surface area contributed by atoms with Gasteiger partial charge in [-0.05, 0) is 43.2 Å². The molecule has 0 spiro atoms. The smallest absolute Gasteiger partial charge is 0.242 e. The molecular weight excluding hydrogens is 424 g/mol. The number of nitrogens with zero attached hydrogens (tertiary/aromatic N) is 1. The fraction of sp³-hybridized carbons (Fsp3) is 0.333. The topological polar surface area (TPSA) is 49.4 Å². The molecule has 1 atom stereocenters. The fourth-order valence-electron chi connectivity index (χ4n) is 2.56. The zero-order valence-electron chi connectivity index (χ0n) is 15.7. The molecule has 144 valence electrons. The fourth-order valence-corrected chi connectivity index (χ4v) is 3.81. The quantitative estimate of drug-likeness (QED) is 0.575. The van der Waals surface area contributed by atoms with Gasteiger partial charge in [0, 0.05) is 22.5 Å². The number of carbonyl (C=O) groups excluding carboxylic acids is 2. The summed E-state index contributed by atoms with van der Waals surface area (Å²) in [7, 11) is 0. The molecule has 2 rings (SSSR count). The first-order valence-corrected chi connectivity index (χ1v) is 10.8. The maximum atomic E-state index is 12.9. The highest BCUT2D eigenvalue weighted by molar-refractivity contribution is 9.10. The molecule has 0 aliphatic heterocycles. The van der Waals surface area contributed by atoms with Crippen molar-refractivity contribution in [1.29, 1.82) is 0 Å². The minimum absolute atomic E-state index is 0.0528. The highest BCUT2D eigenvalue weighted by Gasteiger charge is 2.25. The molecule has 27 heavy (non-hydrogen) atoms. The number of nitrogens with one attached hydrogen (secondary N) is 1. The summed E-state index contributed by atoms with van der Waals surface area (Å²) in [4.78, 5) is 28.1. The summed E-state index contributed by atoms with van der Waals surface area (Å²) in [5.41, 5.74) is 0.984.